The third-order valence-corrected chi connectivity index (χ3v) is 3.98. The number of nitrogens with one attached hydrogen (secondary N) is 2. The summed E-state index contributed by atoms with van der Waals surface area (Å²) in [6.45, 7) is 6.30. The zero-order valence-corrected chi connectivity index (χ0v) is 13.8. The van der Waals surface area contributed by atoms with Crippen LogP contribution in [0.1, 0.15) is 37.3 Å². The van der Waals surface area contributed by atoms with Gasteiger partial charge in [-0.1, -0.05) is 12.1 Å². The van der Waals surface area contributed by atoms with Crippen LogP contribution in [-0.2, 0) is 6.54 Å². The first kappa shape index (κ1) is 16.3. The Kier molecular flexibility index (Phi) is 5.77. The van der Waals surface area contributed by atoms with Crippen LogP contribution in [0.3, 0.4) is 0 Å². The highest BCUT2D eigenvalue weighted by Crippen LogP contribution is 2.17. The van der Waals surface area contributed by atoms with Crippen LogP contribution in [0, 0.1) is 0 Å². The van der Waals surface area contributed by atoms with Gasteiger partial charge in [0.2, 0.25) is 5.88 Å². The van der Waals surface area contributed by atoms with Gasteiger partial charge >= 0.3 is 6.03 Å². The summed E-state index contributed by atoms with van der Waals surface area (Å²) in [5.41, 5.74) is 0.926. The first-order chi connectivity index (χ1) is 10.5. The van der Waals surface area contributed by atoms with Gasteiger partial charge in [0.25, 0.3) is 0 Å². The van der Waals surface area contributed by atoms with E-state index in [1.165, 1.54) is 0 Å². The fourth-order valence-electron chi connectivity index (χ4n) is 1.87. The van der Waals surface area contributed by atoms with E-state index in [4.69, 9.17) is 4.74 Å². The molecule has 22 heavy (non-hydrogen) atoms. The number of pyridine rings is 1. The summed E-state index contributed by atoms with van der Waals surface area (Å²) < 4.78 is 5.48. The first-order valence-electron chi connectivity index (χ1n) is 7.24. The van der Waals surface area contributed by atoms with E-state index in [2.05, 4.69) is 15.6 Å². The summed E-state index contributed by atoms with van der Waals surface area (Å²) in [7, 11) is 0. The van der Waals surface area contributed by atoms with Crippen LogP contribution in [0.4, 0.5) is 4.79 Å². The lowest BCUT2D eigenvalue weighted by molar-refractivity contribution is 0.232. The second-order valence-electron chi connectivity index (χ2n) is 5.24. The van der Waals surface area contributed by atoms with Gasteiger partial charge in [-0.2, -0.15) is 0 Å². The molecule has 2 N–H and O–H groups in total. The summed E-state index contributed by atoms with van der Waals surface area (Å²) in [6, 6.07) is 7.50. The summed E-state index contributed by atoms with van der Waals surface area (Å²) in [5.74, 6) is 0.592. The molecular weight excluding hydrogens is 298 g/mol. The van der Waals surface area contributed by atoms with Gasteiger partial charge in [0.1, 0.15) is 0 Å². The van der Waals surface area contributed by atoms with E-state index in [1.54, 1.807) is 17.5 Å². The van der Waals surface area contributed by atoms with Crippen LogP contribution in [0.25, 0.3) is 0 Å². The minimum Gasteiger partial charge on any atom is -0.475 e. The molecule has 2 aromatic heterocycles. The van der Waals surface area contributed by atoms with Crippen LogP contribution in [0.5, 0.6) is 5.88 Å². The molecule has 0 aromatic carbocycles. The van der Waals surface area contributed by atoms with E-state index in [1.807, 2.05) is 50.4 Å². The number of hydrogen-bond donors (Lipinski definition) is 2. The molecule has 2 aromatic rings. The fourth-order valence-corrected chi connectivity index (χ4v) is 2.60. The number of aromatic nitrogens is 1. The van der Waals surface area contributed by atoms with E-state index in [9.17, 15) is 4.79 Å². The number of rotatable bonds is 6. The van der Waals surface area contributed by atoms with Crippen molar-refractivity contribution in [2.45, 2.75) is 39.5 Å². The maximum atomic E-state index is 11.9. The van der Waals surface area contributed by atoms with Crippen LogP contribution in [0.2, 0.25) is 0 Å². The fraction of sp³-hybridized carbons (Fsp3) is 0.375. The van der Waals surface area contributed by atoms with Crippen LogP contribution in [-0.4, -0.2) is 17.1 Å². The summed E-state index contributed by atoms with van der Waals surface area (Å²) in [6.07, 6.45) is 1.81. The Morgan fingerprint density at radius 1 is 1.32 bits per heavy atom. The average Bonchev–Trinajstić information content (AvgIpc) is 3.00. The van der Waals surface area contributed by atoms with E-state index in [0.29, 0.717) is 12.4 Å². The lowest BCUT2D eigenvalue weighted by Gasteiger charge is -2.13. The molecule has 0 aliphatic carbocycles. The van der Waals surface area contributed by atoms with E-state index in [-0.39, 0.29) is 18.2 Å². The van der Waals surface area contributed by atoms with Gasteiger partial charge in [-0.3, -0.25) is 0 Å². The van der Waals surface area contributed by atoms with Crippen LogP contribution < -0.4 is 15.4 Å². The number of thiophene rings is 1. The lowest BCUT2D eigenvalue weighted by atomic mass is 10.3. The van der Waals surface area contributed by atoms with Gasteiger partial charge in [0.15, 0.2) is 0 Å². The highest BCUT2D eigenvalue weighted by Gasteiger charge is 2.09. The molecule has 0 spiro atoms. The largest absolute Gasteiger partial charge is 0.475 e. The third-order valence-electron chi connectivity index (χ3n) is 2.92. The summed E-state index contributed by atoms with van der Waals surface area (Å²) in [4.78, 5) is 17.2. The topological polar surface area (TPSA) is 63.2 Å². The number of hydrogen-bond acceptors (Lipinski definition) is 4. The second kappa shape index (κ2) is 7.79. The molecule has 118 valence electrons. The monoisotopic (exact) mass is 319 g/mol. The van der Waals surface area contributed by atoms with Gasteiger partial charge in [-0.15, -0.1) is 11.3 Å². The zero-order chi connectivity index (χ0) is 15.9. The van der Waals surface area contributed by atoms with Crippen molar-refractivity contribution in [2.24, 2.45) is 0 Å². The van der Waals surface area contributed by atoms with Crippen molar-refractivity contribution in [1.82, 2.24) is 15.6 Å². The first-order valence-corrected chi connectivity index (χ1v) is 8.12. The molecule has 2 amide bonds. The Hall–Kier alpha value is -2.08. The molecule has 0 unspecified atom stereocenters. The molecule has 0 aliphatic rings. The minimum absolute atomic E-state index is 0.0000530. The second-order valence-corrected chi connectivity index (χ2v) is 6.21. The predicted octanol–water partition coefficient (Wildman–Crippen LogP) is 3.49. The van der Waals surface area contributed by atoms with Crippen molar-refractivity contribution in [3.8, 4) is 5.88 Å². The maximum absolute atomic E-state index is 11.9. The van der Waals surface area contributed by atoms with E-state index >= 15 is 0 Å². The van der Waals surface area contributed by atoms with Gasteiger partial charge < -0.3 is 15.4 Å². The van der Waals surface area contributed by atoms with Crippen molar-refractivity contribution in [1.29, 1.82) is 0 Å². The molecule has 5 nitrogen and oxygen atoms in total. The molecule has 0 saturated heterocycles. The molecule has 1 atom stereocenters. The summed E-state index contributed by atoms with van der Waals surface area (Å²) >= 11 is 1.63. The molecule has 0 aliphatic heterocycles. The molecule has 6 heteroatoms. The molecule has 0 saturated carbocycles. The standard InChI is InChI=1S/C16H21N3O2S/c1-11(2)21-15-7-6-13(9-17-15)10-18-16(20)19-12(3)14-5-4-8-22-14/h4-9,11-12H,10H2,1-3H3,(H2,18,19,20)/t12-/m1/s1. The molecule has 2 rings (SSSR count). The van der Waals surface area contributed by atoms with E-state index in [0.717, 1.165) is 10.4 Å². The molecule has 2 heterocycles. The van der Waals surface area contributed by atoms with Gasteiger partial charge in [0, 0.05) is 23.7 Å². The highest BCUT2D eigenvalue weighted by molar-refractivity contribution is 7.10. The summed E-state index contributed by atoms with van der Waals surface area (Å²) in [5, 5.41) is 7.73. The number of ether oxygens (including phenoxy) is 1. The molecular formula is C16H21N3O2S. The van der Waals surface area contributed by atoms with Crippen molar-refractivity contribution < 1.29 is 9.53 Å². The maximum Gasteiger partial charge on any atom is 0.315 e. The Bertz CT molecular complexity index is 582. The Balaban J connectivity index is 1.78. The van der Waals surface area contributed by atoms with Crippen molar-refractivity contribution in [3.05, 3.63) is 46.3 Å². The zero-order valence-electron chi connectivity index (χ0n) is 13.0. The lowest BCUT2D eigenvalue weighted by Crippen LogP contribution is -2.36. The quantitative estimate of drug-likeness (QED) is 0.856. The van der Waals surface area contributed by atoms with Crippen LogP contribution in [0.15, 0.2) is 35.8 Å². The normalized spacial score (nSPS) is 12.0. The average molecular weight is 319 g/mol. The number of carbonyl (C=O) groups is 1. The van der Waals surface area contributed by atoms with E-state index < -0.39 is 0 Å². The number of nitrogens with zero attached hydrogens (tertiary/aromatic N) is 1. The van der Waals surface area contributed by atoms with Crippen molar-refractivity contribution >= 4 is 17.4 Å². The number of urea groups is 1. The Morgan fingerprint density at radius 3 is 2.73 bits per heavy atom. The smallest absolute Gasteiger partial charge is 0.315 e. The predicted molar refractivity (Wildman–Crippen MR) is 88.1 cm³/mol. The molecule has 0 radical (unpaired) electrons. The highest BCUT2D eigenvalue weighted by atomic mass is 32.1. The minimum atomic E-state index is -0.191. The van der Waals surface area contributed by atoms with Crippen LogP contribution >= 0.6 is 11.3 Å². The molecule has 0 fully saturated rings. The third kappa shape index (κ3) is 5.04. The Morgan fingerprint density at radius 2 is 2.14 bits per heavy atom. The van der Waals surface area contributed by atoms with Gasteiger partial charge in [0.05, 0.1) is 12.1 Å². The number of carbonyl (C=O) groups excluding carboxylic acids is 1. The van der Waals surface area contributed by atoms with Crippen molar-refractivity contribution in [2.75, 3.05) is 0 Å². The SMILES string of the molecule is CC(C)Oc1ccc(CNC(=O)N[C@H](C)c2cccs2)cn1. The number of amides is 2. The van der Waals surface area contributed by atoms with Crippen molar-refractivity contribution in [3.63, 3.8) is 0 Å². The Labute approximate surface area is 134 Å². The molecule has 0 bridgehead atoms. The van der Waals surface area contributed by atoms with Gasteiger partial charge in [-0.25, -0.2) is 9.78 Å². The van der Waals surface area contributed by atoms with Gasteiger partial charge in [-0.05, 0) is 37.8 Å².